The largest absolute Gasteiger partial charge is 0.573 e. The Morgan fingerprint density at radius 3 is 1.90 bits per heavy atom. The van der Waals surface area contributed by atoms with Crippen LogP contribution in [0.4, 0.5) is 13.2 Å². The van der Waals surface area contributed by atoms with Crippen LogP contribution in [0.25, 0.3) is 0 Å². The molecule has 0 fully saturated rings. The zero-order chi connectivity index (χ0) is 15.4. The van der Waals surface area contributed by atoms with Crippen molar-refractivity contribution in [2.24, 2.45) is 11.3 Å². The molecule has 0 unspecified atom stereocenters. The van der Waals surface area contributed by atoms with Crippen molar-refractivity contribution in [3.8, 4) is 5.75 Å². The molecule has 0 atom stereocenters. The number of hydrogen-bond acceptors (Lipinski definition) is 1. The maximum Gasteiger partial charge on any atom is 0.573 e. The first-order valence-electron chi connectivity index (χ1n) is 6.19. The van der Waals surface area contributed by atoms with E-state index in [1.54, 1.807) is 12.1 Å². The van der Waals surface area contributed by atoms with Crippen molar-refractivity contribution in [1.29, 1.82) is 0 Å². The summed E-state index contributed by atoms with van der Waals surface area (Å²) < 4.78 is 40.0. The molecule has 0 bridgehead atoms. The van der Waals surface area contributed by atoms with Crippen LogP contribution in [-0.4, -0.2) is 18.1 Å². The lowest BCUT2D eigenvalue weighted by atomic mass is 9.76. The number of ether oxygens (including phenoxy) is 1. The molecular weight excluding hydrogens is 312 g/mol. The van der Waals surface area contributed by atoms with Crippen LogP contribution < -0.4 is 4.74 Å². The third kappa shape index (κ3) is 4.74. The van der Waals surface area contributed by atoms with Crippen molar-refractivity contribution < 1.29 is 17.9 Å². The second-order valence-corrected chi connectivity index (χ2v) is 5.69. The summed E-state index contributed by atoms with van der Waals surface area (Å²) in [5.74, 6) is 0.834. The summed E-state index contributed by atoms with van der Waals surface area (Å²) in [6.45, 7) is 4.07. The van der Waals surface area contributed by atoms with Crippen LogP contribution in [0.3, 0.4) is 0 Å². The summed E-state index contributed by atoms with van der Waals surface area (Å²) in [5, 5.41) is 0. The van der Waals surface area contributed by atoms with Gasteiger partial charge in [-0.1, -0.05) is 26.0 Å². The van der Waals surface area contributed by atoms with E-state index in [2.05, 4.69) is 4.74 Å². The van der Waals surface area contributed by atoms with Gasteiger partial charge in [-0.25, -0.2) is 0 Å². The second kappa shape index (κ2) is 6.90. The fraction of sp³-hybridized carbons (Fsp3) is 0.571. The third-order valence-electron chi connectivity index (χ3n) is 3.47. The predicted octanol–water partition coefficient (Wildman–Crippen LogP) is 5.25. The molecular formula is C14H17Cl2F3O. The molecule has 1 nitrogen and oxygen atoms in total. The first kappa shape index (κ1) is 17.4. The summed E-state index contributed by atoms with van der Waals surface area (Å²) in [4.78, 5) is 0. The molecule has 0 aliphatic rings. The molecule has 0 saturated heterocycles. The molecule has 0 amide bonds. The molecule has 0 aliphatic heterocycles. The minimum absolute atomic E-state index is 0.229. The van der Waals surface area contributed by atoms with E-state index in [1.165, 1.54) is 12.1 Å². The molecule has 1 rings (SSSR count). The van der Waals surface area contributed by atoms with Gasteiger partial charge in [0.25, 0.3) is 0 Å². The van der Waals surface area contributed by atoms with Crippen molar-refractivity contribution in [3.05, 3.63) is 29.8 Å². The topological polar surface area (TPSA) is 9.23 Å². The van der Waals surface area contributed by atoms with Gasteiger partial charge in [-0.2, -0.15) is 0 Å². The average Bonchev–Trinajstić information content (AvgIpc) is 2.36. The van der Waals surface area contributed by atoms with Crippen molar-refractivity contribution in [3.63, 3.8) is 0 Å². The molecule has 1 aromatic rings. The Hall–Kier alpha value is -0.610. The normalized spacial score (nSPS) is 12.8. The Morgan fingerprint density at radius 1 is 1.05 bits per heavy atom. The SMILES string of the molecule is CC(C)C(CCl)(CCl)Cc1ccc(OC(F)(F)F)cc1. The quantitative estimate of drug-likeness (QED) is 0.648. The average molecular weight is 329 g/mol. The van der Waals surface area contributed by atoms with Gasteiger partial charge in [0.2, 0.25) is 0 Å². The Bertz CT molecular complexity index is 411. The predicted molar refractivity (Wildman–Crippen MR) is 75.5 cm³/mol. The van der Waals surface area contributed by atoms with Crippen molar-refractivity contribution in [2.75, 3.05) is 11.8 Å². The zero-order valence-electron chi connectivity index (χ0n) is 11.3. The number of halogens is 5. The second-order valence-electron chi connectivity index (χ2n) is 5.15. The fourth-order valence-corrected chi connectivity index (χ4v) is 2.95. The van der Waals surface area contributed by atoms with E-state index in [0.717, 1.165) is 5.56 Å². The highest BCUT2D eigenvalue weighted by Crippen LogP contribution is 2.35. The monoisotopic (exact) mass is 328 g/mol. The molecule has 0 saturated carbocycles. The van der Waals surface area contributed by atoms with Gasteiger partial charge in [0.15, 0.2) is 0 Å². The van der Waals surface area contributed by atoms with E-state index in [4.69, 9.17) is 23.2 Å². The van der Waals surface area contributed by atoms with Crippen LogP contribution in [0.5, 0.6) is 5.75 Å². The highest BCUT2D eigenvalue weighted by molar-refractivity contribution is 6.21. The summed E-state index contributed by atoms with van der Waals surface area (Å²) in [7, 11) is 0. The van der Waals surface area contributed by atoms with Crippen LogP contribution in [0.15, 0.2) is 24.3 Å². The Kier molecular flexibility index (Phi) is 6.02. The van der Waals surface area contributed by atoms with Crippen LogP contribution in [-0.2, 0) is 6.42 Å². The van der Waals surface area contributed by atoms with Crippen LogP contribution in [0.2, 0.25) is 0 Å². The minimum atomic E-state index is -4.67. The van der Waals surface area contributed by atoms with E-state index in [0.29, 0.717) is 18.2 Å². The minimum Gasteiger partial charge on any atom is -0.406 e. The van der Waals surface area contributed by atoms with E-state index in [-0.39, 0.29) is 17.1 Å². The Labute approximate surface area is 127 Å². The highest BCUT2D eigenvalue weighted by Gasteiger charge is 2.33. The molecule has 0 radical (unpaired) electrons. The Morgan fingerprint density at radius 2 is 1.55 bits per heavy atom. The van der Waals surface area contributed by atoms with Gasteiger partial charge < -0.3 is 4.74 Å². The van der Waals surface area contributed by atoms with Gasteiger partial charge in [-0.05, 0) is 30.0 Å². The molecule has 0 spiro atoms. The van der Waals surface area contributed by atoms with Gasteiger partial charge in [0.05, 0.1) is 0 Å². The van der Waals surface area contributed by atoms with Crippen LogP contribution in [0.1, 0.15) is 19.4 Å². The Balaban J connectivity index is 2.83. The first-order valence-corrected chi connectivity index (χ1v) is 7.26. The van der Waals surface area contributed by atoms with Gasteiger partial charge in [-0.15, -0.1) is 36.4 Å². The van der Waals surface area contributed by atoms with Gasteiger partial charge in [0.1, 0.15) is 5.75 Å². The van der Waals surface area contributed by atoms with Crippen molar-refractivity contribution >= 4 is 23.2 Å². The van der Waals surface area contributed by atoms with E-state index in [1.807, 2.05) is 13.8 Å². The molecule has 0 aromatic heterocycles. The standard InChI is InChI=1S/C14H17Cl2F3O/c1-10(2)13(8-15,9-16)7-11-3-5-12(6-4-11)20-14(17,18)19/h3-6,10H,7-9H2,1-2H3. The molecule has 6 heteroatoms. The first-order chi connectivity index (χ1) is 9.22. The number of benzene rings is 1. The lowest BCUT2D eigenvalue weighted by Crippen LogP contribution is -2.34. The van der Waals surface area contributed by atoms with Crippen LogP contribution in [0, 0.1) is 11.3 Å². The summed E-state index contributed by atoms with van der Waals surface area (Å²) in [6, 6.07) is 5.82. The number of hydrogen-bond donors (Lipinski definition) is 0. The summed E-state index contributed by atoms with van der Waals surface area (Å²) in [6.07, 6.45) is -4.06. The molecule has 20 heavy (non-hydrogen) atoms. The van der Waals surface area contributed by atoms with E-state index >= 15 is 0 Å². The molecule has 0 aliphatic carbocycles. The maximum atomic E-state index is 12.1. The fourth-order valence-electron chi connectivity index (χ4n) is 1.86. The van der Waals surface area contributed by atoms with Gasteiger partial charge in [0, 0.05) is 17.2 Å². The number of rotatable bonds is 6. The molecule has 114 valence electrons. The van der Waals surface area contributed by atoms with Gasteiger partial charge in [-0.3, -0.25) is 0 Å². The lowest BCUT2D eigenvalue weighted by molar-refractivity contribution is -0.274. The smallest absolute Gasteiger partial charge is 0.406 e. The third-order valence-corrected chi connectivity index (χ3v) is 4.53. The van der Waals surface area contributed by atoms with Crippen molar-refractivity contribution in [1.82, 2.24) is 0 Å². The number of alkyl halides is 5. The van der Waals surface area contributed by atoms with Crippen LogP contribution >= 0.6 is 23.2 Å². The lowest BCUT2D eigenvalue weighted by Gasteiger charge is -2.34. The zero-order valence-corrected chi connectivity index (χ0v) is 12.8. The maximum absolute atomic E-state index is 12.1. The van der Waals surface area contributed by atoms with Crippen molar-refractivity contribution in [2.45, 2.75) is 26.6 Å². The molecule has 1 aromatic carbocycles. The summed E-state index contributed by atoms with van der Waals surface area (Å²) >= 11 is 12.1. The highest BCUT2D eigenvalue weighted by atomic mass is 35.5. The molecule has 0 N–H and O–H groups in total. The van der Waals surface area contributed by atoms with Gasteiger partial charge >= 0.3 is 6.36 Å². The van der Waals surface area contributed by atoms with E-state index < -0.39 is 6.36 Å². The molecule has 0 heterocycles. The van der Waals surface area contributed by atoms with E-state index in [9.17, 15) is 13.2 Å². The summed E-state index contributed by atoms with van der Waals surface area (Å²) in [5.41, 5.74) is 0.615.